The molecule has 1 aromatic heterocycles. The van der Waals surface area contributed by atoms with Crippen LogP contribution in [0.5, 0.6) is 0 Å². The molecule has 5 rings (SSSR count). The first-order chi connectivity index (χ1) is 14.0. The molecular formula is C26H25BrSSi. The molecule has 0 nitrogen and oxygen atoms in total. The van der Waals surface area contributed by atoms with Gasteiger partial charge in [0.1, 0.15) is 0 Å². The zero-order chi connectivity index (χ0) is 20.3. The highest BCUT2D eigenvalue weighted by molar-refractivity contribution is 9.10. The van der Waals surface area contributed by atoms with Crippen LogP contribution in [0, 0.1) is 0 Å². The second-order valence-electron chi connectivity index (χ2n) is 8.63. The first-order valence-electron chi connectivity index (χ1n) is 10.3. The molecular weight excluding hydrogens is 452 g/mol. The second-order valence-corrected chi connectivity index (χ2v) is 13.6. The molecule has 3 heteroatoms. The molecule has 2 aromatic carbocycles. The van der Waals surface area contributed by atoms with Crippen LogP contribution in [0.25, 0.3) is 22.1 Å². The van der Waals surface area contributed by atoms with Crippen molar-refractivity contribution in [2.75, 3.05) is 0 Å². The number of thiophene rings is 1. The van der Waals surface area contributed by atoms with Crippen molar-refractivity contribution < 1.29 is 0 Å². The van der Waals surface area contributed by atoms with Gasteiger partial charge in [-0.2, -0.15) is 0 Å². The molecule has 2 atom stereocenters. The monoisotopic (exact) mass is 476 g/mol. The van der Waals surface area contributed by atoms with E-state index in [1.807, 2.05) is 11.3 Å². The maximum atomic E-state index is 3.79. The summed E-state index contributed by atoms with van der Waals surface area (Å²) in [5.74, 6) is 0.361. The molecule has 3 aromatic rings. The highest BCUT2D eigenvalue weighted by Gasteiger charge is 2.39. The Bertz CT molecular complexity index is 1170. The molecule has 0 aliphatic heterocycles. The van der Waals surface area contributed by atoms with Crippen molar-refractivity contribution in [3.05, 3.63) is 91.8 Å². The topological polar surface area (TPSA) is 0 Å². The van der Waals surface area contributed by atoms with Crippen molar-refractivity contribution in [3.8, 4) is 10.4 Å². The minimum Gasteiger partial charge on any atom is -0.144 e. The Kier molecular flexibility index (Phi) is 4.81. The average molecular weight is 478 g/mol. The van der Waals surface area contributed by atoms with Crippen LogP contribution in [0.15, 0.2) is 69.5 Å². The number of hydrogen-bond acceptors (Lipinski definition) is 1. The Morgan fingerprint density at radius 2 is 1.69 bits per heavy atom. The van der Waals surface area contributed by atoms with Crippen molar-refractivity contribution in [2.24, 2.45) is 0 Å². The summed E-state index contributed by atoms with van der Waals surface area (Å²) in [6.07, 6.45) is 2.39. The normalized spacial score (nSPS) is 20.3. The summed E-state index contributed by atoms with van der Waals surface area (Å²) in [4.78, 5) is 1.38. The van der Waals surface area contributed by atoms with Crippen LogP contribution in [-0.2, 0) is 0 Å². The molecule has 0 fully saturated rings. The number of benzene rings is 2. The van der Waals surface area contributed by atoms with Gasteiger partial charge < -0.3 is 0 Å². The summed E-state index contributed by atoms with van der Waals surface area (Å²) in [6.45, 7) is 9.72. The number of rotatable bonds is 3. The molecule has 29 heavy (non-hydrogen) atoms. The van der Waals surface area contributed by atoms with E-state index in [0.29, 0.717) is 11.5 Å². The van der Waals surface area contributed by atoms with Gasteiger partial charge in [0, 0.05) is 24.1 Å². The Morgan fingerprint density at radius 3 is 2.41 bits per heavy atom. The third-order valence-corrected chi connectivity index (χ3v) is 10.3. The molecule has 146 valence electrons. The van der Waals surface area contributed by atoms with Crippen LogP contribution < -0.4 is 0 Å². The van der Waals surface area contributed by atoms with E-state index < -0.39 is 8.80 Å². The zero-order valence-corrected chi connectivity index (χ0v) is 20.8. The molecule has 1 heterocycles. The van der Waals surface area contributed by atoms with E-state index in [9.17, 15) is 0 Å². The lowest BCUT2D eigenvalue weighted by Gasteiger charge is -2.21. The standard InChI is InChI=1S/C26H25BrSSi/c1-15-14-20-17(8-6-11-21(20)27)23(15)24-16(2)26(29(3)4)19-10-5-9-18(25(19)24)22-12-7-13-28-22/h5-14,23,26,29H,1-4H3. The van der Waals surface area contributed by atoms with Crippen molar-refractivity contribution in [3.63, 3.8) is 0 Å². The molecule has 0 bridgehead atoms. The molecule has 0 saturated heterocycles. The van der Waals surface area contributed by atoms with Gasteiger partial charge in [0.25, 0.3) is 0 Å². The molecule has 0 N–H and O–H groups in total. The SMILES string of the molecule is CC1=Cc2c(Br)cccc2C1C1=C(C)C([SiH](C)C)c2cccc(-c3cccs3)c21. The Hall–Kier alpha value is -1.68. The van der Waals surface area contributed by atoms with Crippen molar-refractivity contribution >= 4 is 47.7 Å². The summed E-state index contributed by atoms with van der Waals surface area (Å²) >= 11 is 5.64. The molecule has 2 unspecified atom stereocenters. The predicted octanol–water partition coefficient (Wildman–Crippen LogP) is 8.27. The van der Waals surface area contributed by atoms with E-state index in [1.165, 1.54) is 37.2 Å². The maximum Gasteiger partial charge on any atom is 0.0439 e. The van der Waals surface area contributed by atoms with Gasteiger partial charge in [-0.25, -0.2) is 0 Å². The van der Waals surface area contributed by atoms with Crippen molar-refractivity contribution in [2.45, 2.75) is 38.4 Å². The summed E-state index contributed by atoms with van der Waals surface area (Å²) in [5.41, 5.74) is 12.6. The molecule has 0 amide bonds. The van der Waals surface area contributed by atoms with Crippen LogP contribution in [-0.4, -0.2) is 8.80 Å². The van der Waals surface area contributed by atoms with Gasteiger partial charge in [-0.3, -0.25) is 0 Å². The quantitative estimate of drug-likeness (QED) is 0.333. The lowest BCUT2D eigenvalue weighted by Crippen LogP contribution is -2.15. The van der Waals surface area contributed by atoms with Crippen LogP contribution in [0.2, 0.25) is 13.1 Å². The van der Waals surface area contributed by atoms with Gasteiger partial charge in [-0.05, 0) is 70.3 Å². The molecule has 0 saturated carbocycles. The van der Waals surface area contributed by atoms with E-state index in [1.54, 1.807) is 16.7 Å². The third-order valence-electron chi connectivity index (χ3n) is 6.56. The molecule has 2 aliphatic carbocycles. The van der Waals surface area contributed by atoms with Crippen LogP contribution in [0.3, 0.4) is 0 Å². The fourth-order valence-electron chi connectivity index (χ4n) is 5.49. The number of hydrogen-bond donors (Lipinski definition) is 0. The number of fused-ring (bicyclic) bond motifs is 2. The minimum absolute atomic E-state index is 0.361. The lowest BCUT2D eigenvalue weighted by atomic mass is 9.82. The highest BCUT2D eigenvalue weighted by Crippen LogP contribution is 2.56. The molecule has 2 aliphatic rings. The van der Waals surface area contributed by atoms with Crippen molar-refractivity contribution in [1.82, 2.24) is 0 Å². The van der Waals surface area contributed by atoms with Gasteiger partial charge in [0.2, 0.25) is 0 Å². The van der Waals surface area contributed by atoms with E-state index >= 15 is 0 Å². The Morgan fingerprint density at radius 1 is 0.931 bits per heavy atom. The maximum absolute atomic E-state index is 3.79. The van der Waals surface area contributed by atoms with Crippen LogP contribution >= 0.6 is 27.3 Å². The first kappa shape index (κ1) is 19.3. The minimum atomic E-state index is -0.898. The third kappa shape index (κ3) is 2.89. The predicted molar refractivity (Wildman–Crippen MR) is 135 cm³/mol. The largest absolute Gasteiger partial charge is 0.144 e. The summed E-state index contributed by atoms with van der Waals surface area (Å²) < 4.78 is 1.20. The number of halogens is 1. The fourth-order valence-corrected chi connectivity index (χ4v) is 8.92. The zero-order valence-electron chi connectivity index (χ0n) is 17.3. The smallest absolute Gasteiger partial charge is 0.0439 e. The van der Waals surface area contributed by atoms with E-state index in [4.69, 9.17) is 0 Å². The summed E-state index contributed by atoms with van der Waals surface area (Å²) in [7, 11) is -0.898. The fraction of sp³-hybridized carbons (Fsp3) is 0.231. The van der Waals surface area contributed by atoms with E-state index in [0.717, 1.165) is 0 Å². The van der Waals surface area contributed by atoms with Crippen LogP contribution in [0.4, 0.5) is 0 Å². The Balaban J connectivity index is 1.80. The Labute approximate surface area is 187 Å². The number of allylic oxidation sites excluding steroid dienone is 3. The van der Waals surface area contributed by atoms with Crippen molar-refractivity contribution in [1.29, 1.82) is 0 Å². The van der Waals surface area contributed by atoms with Crippen LogP contribution in [0.1, 0.15) is 47.6 Å². The van der Waals surface area contributed by atoms with Gasteiger partial charge in [0.05, 0.1) is 0 Å². The van der Waals surface area contributed by atoms with Gasteiger partial charge in [-0.15, -0.1) is 11.3 Å². The van der Waals surface area contributed by atoms with Gasteiger partial charge >= 0.3 is 0 Å². The summed E-state index contributed by atoms with van der Waals surface area (Å²) in [6, 6.07) is 18.1. The highest BCUT2D eigenvalue weighted by atomic mass is 79.9. The van der Waals surface area contributed by atoms with Gasteiger partial charge in [0.15, 0.2) is 0 Å². The first-order valence-corrected chi connectivity index (χ1v) is 15.0. The summed E-state index contributed by atoms with van der Waals surface area (Å²) in [5, 5.41) is 2.20. The second kappa shape index (κ2) is 7.23. The van der Waals surface area contributed by atoms with E-state index in [2.05, 4.69) is 103 Å². The lowest BCUT2D eigenvalue weighted by molar-refractivity contribution is 1.03. The average Bonchev–Trinajstić information content (AvgIpc) is 3.38. The molecule has 0 radical (unpaired) electrons. The molecule has 0 spiro atoms. The van der Waals surface area contributed by atoms with E-state index in [-0.39, 0.29) is 0 Å². The van der Waals surface area contributed by atoms with Gasteiger partial charge in [-0.1, -0.05) is 82.6 Å².